The number of rotatable bonds is 8. The van der Waals surface area contributed by atoms with E-state index in [2.05, 4.69) is 10.6 Å². The fourth-order valence-electron chi connectivity index (χ4n) is 2.54. The molecule has 2 aromatic rings. The number of nitriles is 1. The number of anilines is 1. The van der Waals surface area contributed by atoms with Crippen LogP contribution in [0.15, 0.2) is 48.2 Å². The van der Waals surface area contributed by atoms with Gasteiger partial charge in [-0.3, -0.25) is 4.79 Å². The van der Waals surface area contributed by atoms with Gasteiger partial charge in [-0.15, -0.1) is 0 Å². The zero-order valence-electron chi connectivity index (χ0n) is 16.0. The van der Waals surface area contributed by atoms with Crippen LogP contribution in [0.3, 0.4) is 0 Å². The molecule has 2 rings (SSSR count). The van der Waals surface area contributed by atoms with Crippen LogP contribution in [0.2, 0.25) is 5.02 Å². The van der Waals surface area contributed by atoms with Crippen LogP contribution >= 0.6 is 11.6 Å². The van der Waals surface area contributed by atoms with E-state index in [1.165, 1.54) is 6.20 Å². The monoisotopic (exact) mass is 399 g/mol. The number of hydrogen-bond acceptors (Lipinski definition) is 5. The second kappa shape index (κ2) is 10.2. The molecule has 0 aliphatic carbocycles. The molecule has 2 N–H and O–H groups in total. The van der Waals surface area contributed by atoms with Crippen LogP contribution in [0.4, 0.5) is 5.69 Å². The fraction of sp³-hybridized carbons (Fsp3) is 0.238. The van der Waals surface area contributed by atoms with Gasteiger partial charge in [-0.2, -0.15) is 5.26 Å². The molecule has 7 heteroatoms. The van der Waals surface area contributed by atoms with E-state index in [0.717, 1.165) is 16.8 Å². The molecule has 0 heterocycles. The summed E-state index contributed by atoms with van der Waals surface area (Å²) >= 11 is 5.93. The van der Waals surface area contributed by atoms with Gasteiger partial charge in [0, 0.05) is 23.5 Å². The standard InChI is InChI=1S/C21H22ClN3O3/c1-14-10-17(22)5-6-18(14)25-13-16(12-23)21(26)24-9-8-15-4-7-19(27-2)20(11-15)28-3/h4-7,10-11,13,25H,8-9H2,1-3H3,(H,24,26)/b16-13-. The molecule has 0 radical (unpaired) electrons. The van der Waals surface area contributed by atoms with Gasteiger partial charge in [-0.05, 0) is 54.8 Å². The van der Waals surface area contributed by atoms with Gasteiger partial charge in [0.2, 0.25) is 0 Å². The lowest BCUT2D eigenvalue weighted by atomic mass is 10.1. The zero-order chi connectivity index (χ0) is 20.5. The van der Waals surface area contributed by atoms with Crippen molar-refractivity contribution in [2.75, 3.05) is 26.1 Å². The predicted molar refractivity (Wildman–Crippen MR) is 110 cm³/mol. The van der Waals surface area contributed by atoms with Crippen LogP contribution in [0.5, 0.6) is 11.5 Å². The van der Waals surface area contributed by atoms with Gasteiger partial charge in [0.1, 0.15) is 11.6 Å². The maximum Gasteiger partial charge on any atom is 0.263 e. The summed E-state index contributed by atoms with van der Waals surface area (Å²) in [6.07, 6.45) is 1.98. The highest BCUT2D eigenvalue weighted by Crippen LogP contribution is 2.27. The van der Waals surface area contributed by atoms with Crippen LogP contribution in [-0.2, 0) is 11.2 Å². The van der Waals surface area contributed by atoms with Crippen molar-refractivity contribution in [2.24, 2.45) is 0 Å². The first-order valence-corrected chi connectivity index (χ1v) is 8.98. The summed E-state index contributed by atoms with van der Waals surface area (Å²) in [5.41, 5.74) is 2.65. The van der Waals surface area contributed by atoms with Crippen molar-refractivity contribution in [2.45, 2.75) is 13.3 Å². The van der Waals surface area contributed by atoms with Crippen molar-refractivity contribution >= 4 is 23.2 Å². The van der Waals surface area contributed by atoms with Crippen LogP contribution in [0, 0.1) is 18.3 Å². The number of methoxy groups -OCH3 is 2. The highest BCUT2D eigenvalue weighted by atomic mass is 35.5. The van der Waals surface area contributed by atoms with E-state index < -0.39 is 5.91 Å². The lowest BCUT2D eigenvalue weighted by molar-refractivity contribution is -0.117. The molecule has 2 aromatic carbocycles. The number of carbonyl (C=O) groups is 1. The summed E-state index contributed by atoms with van der Waals surface area (Å²) in [5, 5.41) is 15.6. The quantitative estimate of drug-likeness (QED) is 0.520. The van der Waals surface area contributed by atoms with Crippen molar-refractivity contribution in [1.29, 1.82) is 5.26 Å². The lowest BCUT2D eigenvalue weighted by Gasteiger charge is -2.10. The van der Waals surface area contributed by atoms with Crippen molar-refractivity contribution in [3.05, 3.63) is 64.3 Å². The normalized spacial score (nSPS) is 10.8. The molecule has 0 unspecified atom stereocenters. The van der Waals surface area contributed by atoms with Crippen LogP contribution in [0.25, 0.3) is 0 Å². The van der Waals surface area contributed by atoms with Gasteiger partial charge in [0.05, 0.1) is 14.2 Å². The number of hydrogen-bond donors (Lipinski definition) is 2. The third kappa shape index (κ3) is 5.66. The Bertz CT molecular complexity index is 920. The molecule has 0 bridgehead atoms. The van der Waals surface area contributed by atoms with Gasteiger partial charge in [0.15, 0.2) is 11.5 Å². The van der Waals surface area contributed by atoms with E-state index in [-0.39, 0.29) is 5.57 Å². The Balaban J connectivity index is 1.94. The van der Waals surface area contributed by atoms with E-state index in [1.54, 1.807) is 32.4 Å². The minimum absolute atomic E-state index is 0.0124. The molecule has 0 spiro atoms. The number of nitrogens with zero attached hydrogens (tertiary/aromatic N) is 1. The van der Waals surface area contributed by atoms with Crippen molar-refractivity contribution in [3.63, 3.8) is 0 Å². The second-order valence-corrected chi connectivity index (χ2v) is 6.41. The van der Waals surface area contributed by atoms with E-state index in [4.69, 9.17) is 21.1 Å². The smallest absolute Gasteiger partial charge is 0.263 e. The molecule has 28 heavy (non-hydrogen) atoms. The molecule has 0 saturated heterocycles. The molecule has 0 aliphatic rings. The Morgan fingerprint density at radius 3 is 2.57 bits per heavy atom. The van der Waals surface area contributed by atoms with Crippen molar-refractivity contribution < 1.29 is 14.3 Å². The van der Waals surface area contributed by atoms with E-state index in [9.17, 15) is 10.1 Å². The van der Waals surface area contributed by atoms with E-state index in [1.807, 2.05) is 31.2 Å². The zero-order valence-corrected chi connectivity index (χ0v) is 16.8. The molecule has 0 fully saturated rings. The first-order valence-electron chi connectivity index (χ1n) is 8.60. The molecular formula is C21H22ClN3O3. The van der Waals surface area contributed by atoms with Gasteiger partial charge >= 0.3 is 0 Å². The highest BCUT2D eigenvalue weighted by molar-refractivity contribution is 6.30. The van der Waals surface area contributed by atoms with Crippen molar-refractivity contribution in [1.82, 2.24) is 5.32 Å². The second-order valence-electron chi connectivity index (χ2n) is 5.97. The fourth-order valence-corrected chi connectivity index (χ4v) is 2.77. The number of halogens is 1. The Labute approximate surface area is 169 Å². The molecule has 1 amide bonds. The SMILES string of the molecule is COc1ccc(CCNC(=O)/C(C#N)=C\Nc2ccc(Cl)cc2C)cc1OC. The number of ether oxygens (including phenoxy) is 2. The summed E-state index contributed by atoms with van der Waals surface area (Å²) in [7, 11) is 3.15. The predicted octanol–water partition coefficient (Wildman–Crippen LogP) is 3.84. The highest BCUT2D eigenvalue weighted by Gasteiger charge is 2.09. The molecular weight excluding hydrogens is 378 g/mol. The largest absolute Gasteiger partial charge is 0.493 e. The molecule has 0 atom stereocenters. The topological polar surface area (TPSA) is 83.4 Å². The van der Waals surface area contributed by atoms with E-state index >= 15 is 0 Å². The van der Waals surface area contributed by atoms with Gasteiger partial charge in [0.25, 0.3) is 5.91 Å². The Kier molecular flexibility index (Phi) is 7.73. The summed E-state index contributed by atoms with van der Waals surface area (Å²) < 4.78 is 10.5. The minimum atomic E-state index is -0.443. The Morgan fingerprint density at radius 1 is 1.18 bits per heavy atom. The Morgan fingerprint density at radius 2 is 1.93 bits per heavy atom. The summed E-state index contributed by atoms with van der Waals surface area (Å²) in [4.78, 5) is 12.2. The molecule has 6 nitrogen and oxygen atoms in total. The maximum absolute atomic E-state index is 12.2. The first kappa shape index (κ1) is 21.1. The number of nitrogens with one attached hydrogen (secondary N) is 2. The maximum atomic E-state index is 12.2. The van der Waals surface area contributed by atoms with E-state index in [0.29, 0.717) is 29.5 Å². The number of amides is 1. The van der Waals surface area contributed by atoms with Crippen LogP contribution in [-0.4, -0.2) is 26.7 Å². The molecule has 0 saturated carbocycles. The summed E-state index contributed by atoms with van der Waals surface area (Å²) in [6.45, 7) is 2.27. The van der Waals surface area contributed by atoms with Crippen molar-refractivity contribution in [3.8, 4) is 17.6 Å². The minimum Gasteiger partial charge on any atom is -0.493 e. The van der Waals surface area contributed by atoms with Gasteiger partial charge in [-0.1, -0.05) is 17.7 Å². The van der Waals surface area contributed by atoms with Crippen LogP contribution < -0.4 is 20.1 Å². The molecule has 146 valence electrons. The lowest BCUT2D eigenvalue weighted by Crippen LogP contribution is -2.27. The third-order valence-electron chi connectivity index (χ3n) is 4.07. The van der Waals surface area contributed by atoms with Gasteiger partial charge in [-0.25, -0.2) is 0 Å². The number of aryl methyl sites for hydroxylation is 1. The summed E-state index contributed by atoms with van der Waals surface area (Å²) in [5.74, 6) is 0.835. The third-order valence-corrected chi connectivity index (χ3v) is 4.31. The average Bonchev–Trinajstić information content (AvgIpc) is 2.69. The first-order chi connectivity index (χ1) is 13.5. The summed E-state index contributed by atoms with van der Waals surface area (Å²) in [6, 6.07) is 12.8. The number of benzene rings is 2. The van der Waals surface area contributed by atoms with Gasteiger partial charge < -0.3 is 20.1 Å². The molecule has 0 aliphatic heterocycles. The molecule has 0 aromatic heterocycles. The number of carbonyl (C=O) groups excluding carboxylic acids is 1. The Hall–Kier alpha value is -3.17. The average molecular weight is 400 g/mol. The van der Waals surface area contributed by atoms with Crippen LogP contribution in [0.1, 0.15) is 11.1 Å².